The molecule has 0 saturated carbocycles. The molecule has 2 aromatic rings. The lowest BCUT2D eigenvalue weighted by atomic mass is 10.2. The van der Waals surface area contributed by atoms with Gasteiger partial charge in [0.05, 0.1) is 13.2 Å². The topological polar surface area (TPSA) is 79.5 Å². The van der Waals surface area contributed by atoms with E-state index >= 15 is 0 Å². The molecule has 0 aliphatic rings. The molecule has 27 heavy (non-hydrogen) atoms. The van der Waals surface area contributed by atoms with Gasteiger partial charge < -0.3 is 20.7 Å². The molecule has 144 valence electrons. The van der Waals surface area contributed by atoms with Crippen LogP contribution in [0.2, 0.25) is 0 Å². The fraction of sp³-hybridized carbons (Fsp3) is 0.333. The fourth-order valence-corrected chi connectivity index (χ4v) is 2.42. The summed E-state index contributed by atoms with van der Waals surface area (Å²) in [4.78, 5) is 24.1. The maximum atomic E-state index is 12.2. The number of rotatable bonds is 10. The number of carbonyl (C=O) groups excluding carboxylic acids is 2. The van der Waals surface area contributed by atoms with Crippen LogP contribution in [-0.2, 0) is 4.79 Å². The van der Waals surface area contributed by atoms with Gasteiger partial charge >= 0.3 is 0 Å². The summed E-state index contributed by atoms with van der Waals surface area (Å²) in [6.45, 7) is 5.33. The molecule has 0 saturated heterocycles. The van der Waals surface area contributed by atoms with Crippen LogP contribution >= 0.6 is 0 Å². The second kappa shape index (κ2) is 10.9. The standard InChI is InChI=1S/C21H27N3O3/c1-3-5-12-27-19-11-7-9-17(14-19)23-15-20(25)24-18-10-6-8-16(13-18)21(26)22-4-2/h6-11,13-14,23H,3-5,12,15H2,1-2H3,(H,22,26)(H,24,25). The summed E-state index contributed by atoms with van der Waals surface area (Å²) in [5, 5.41) is 8.61. The first-order valence-electron chi connectivity index (χ1n) is 9.27. The van der Waals surface area contributed by atoms with E-state index in [0.717, 1.165) is 24.3 Å². The van der Waals surface area contributed by atoms with E-state index in [2.05, 4.69) is 22.9 Å². The number of nitrogens with one attached hydrogen (secondary N) is 3. The highest BCUT2D eigenvalue weighted by atomic mass is 16.5. The maximum absolute atomic E-state index is 12.2. The Hall–Kier alpha value is -3.02. The molecular weight excluding hydrogens is 342 g/mol. The minimum absolute atomic E-state index is 0.115. The molecule has 0 unspecified atom stereocenters. The van der Waals surface area contributed by atoms with Crippen LogP contribution in [0, 0.1) is 0 Å². The van der Waals surface area contributed by atoms with Gasteiger partial charge in [-0.15, -0.1) is 0 Å². The zero-order valence-electron chi connectivity index (χ0n) is 15.9. The van der Waals surface area contributed by atoms with Gasteiger partial charge in [0.25, 0.3) is 5.91 Å². The predicted octanol–water partition coefficient (Wildman–Crippen LogP) is 3.67. The molecule has 0 aliphatic heterocycles. The average molecular weight is 369 g/mol. The summed E-state index contributed by atoms with van der Waals surface area (Å²) < 4.78 is 5.67. The van der Waals surface area contributed by atoms with Crippen LogP contribution in [0.4, 0.5) is 11.4 Å². The average Bonchev–Trinajstić information content (AvgIpc) is 2.67. The predicted molar refractivity (Wildman–Crippen MR) is 108 cm³/mol. The quantitative estimate of drug-likeness (QED) is 0.558. The van der Waals surface area contributed by atoms with E-state index in [1.165, 1.54) is 0 Å². The van der Waals surface area contributed by atoms with E-state index in [-0.39, 0.29) is 18.4 Å². The zero-order chi connectivity index (χ0) is 19.5. The summed E-state index contributed by atoms with van der Waals surface area (Å²) in [5.74, 6) is 0.426. The minimum Gasteiger partial charge on any atom is -0.494 e. The van der Waals surface area contributed by atoms with Crippen molar-refractivity contribution in [3.8, 4) is 5.75 Å². The second-order valence-corrected chi connectivity index (χ2v) is 6.07. The molecule has 0 aliphatic carbocycles. The lowest BCUT2D eigenvalue weighted by molar-refractivity contribution is -0.114. The lowest BCUT2D eigenvalue weighted by Gasteiger charge is -2.11. The Morgan fingerprint density at radius 1 is 1.00 bits per heavy atom. The largest absolute Gasteiger partial charge is 0.494 e. The first-order valence-corrected chi connectivity index (χ1v) is 9.27. The van der Waals surface area contributed by atoms with Crippen molar-refractivity contribution in [3.05, 3.63) is 54.1 Å². The molecule has 0 spiro atoms. The minimum atomic E-state index is -0.194. The van der Waals surface area contributed by atoms with Gasteiger partial charge in [-0.1, -0.05) is 25.5 Å². The van der Waals surface area contributed by atoms with Crippen molar-refractivity contribution in [2.75, 3.05) is 30.3 Å². The van der Waals surface area contributed by atoms with Crippen molar-refractivity contribution in [2.45, 2.75) is 26.7 Å². The van der Waals surface area contributed by atoms with Crippen LogP contribution < -0.4 is 20.7 Å². The molecule has 3 N–H and O–H groups in total. The Morgan fingerprint density at radius 3 is 2.56 bits per heavy atom. The van der Waals surface area contributed by atoms with Gasteiger partial charge in [-0.05, 0) is 43.7 Å². The summed E-state index contributed by atoms with van der Waals surface area (Å²) in [5.41, 5.74) is 1.91. The summed E-state index contributed by atoms with van der Waals surface area (Å²) >= 11 is 0. The number of hydrogen-bond acceptors (Lipinski definition) is 4. The highest BCUT2D eigenvalue weighted by Gasteiger charge is 2.07. The molecule has 0 atom stereocenters. The van der Waals surface area contributed by atoms with Gasteiger partial charge in [0.1, 0.15) is 5.75 Å². The molecule has 0 aromatic heterocycles. The van der Waals surface area contributed by atoms with E-state index < -0.39 is 0 Å². The number of hydrogen-bond donors (Lipinski definition) is 3. The third-order valence-corrected chi connectivity index (χ3v) is 3.80. The Labute approximate surface area is 160 Å². The van der Waals surface area contributed by atoms with Crippen LogP contribution in [0.5, 0.6) is 5.75 Å². The third-order valence-electron chi connectivity index (χ3n) is 3.80. The molecule has 0 bridgehead atoms. The zero-order valence-corrected chi connectivity index (χ0v) is 15.9. The van der Waals surface area contributed by atoms with Crippen molar-refractivity contribution >= 4 is 23.2 Å². The molecule has 2 aromatic carbocycles. The van der Waals surface area contributed by atoms with Gasteiger partial charge in [-0.2, -0.15) is 0 Å². The molecule has 6 heteroatoms. The molecule has 6 nitrogen and oxygen atoms in total. The molecule has 2 rings (SSSR count). The van der Waals surface area contributed by atoms with Crippen LogP contribution in [0.1, 0.15) is 37.0 Å². The number of benzene rings is 2. The molecule has 2 amide bonds. The van der Waals surface area contributed by atoms with Crippen molar-refractivity contribution in [2.24, 2.45) is 0 Å². The molecule has 0 heterocycles. The van der Waals surface area contributed by atoms with Gasteiger partial charge in [-0.3, -0.25) is 9.59 Å². The van der Waals surface area contributed by atoms with E-state index in [9.17, 15) is 9.59 Å². The monoisotopic (exact) mass is 369 g/mol. The highest BCUT2D eigenvalue weighted by molar-refractivity contribution is 5.98. The first-order chi connectivity index (χ1) is 13.1. The summed E-state index contributed by atoms with van der Waals surface area (Å²) in [6, 6.07) is 14.4. The Kier molecular flexibility index (Phi) is 8.16. The summed E-state index contributed by atoms with van der Waals surface area (Å²) in [7, 11) is 0. The number of anilines is 2. The Bertz CT molecular complexity index is 762. The number of unbranched alkanes of at least 4 members (excludes halogenated alkanes) is 1. The fourth-order valence-electron chi connectivity index (χ4n) is 2.42. The summed E-state index contributed by atoms with van der Waals surface area (Å²) in [6.07, 6.45) is 2.09. The van der Waals surface area contributed by atoms with E-state index in [1.54, 1.807) is 24.3 Å². The van der Waals surface area contributed by atoms with Gasteiger partial charge in [0.15, 0.2) is 0 Å². The van der Waals surface area contributed by atoms with E-state index in [0.29, 0.717) is 24.4 Å². The van der Waals surface area contributed by atoms with Crippen LogP contribution in [0.15, 0.2) is 48.5 Å². The molecule has 0 radical (unpaired) electrons. The second-order valence-electron chi connectivity index (χ2n) is 6.07. The van der Waals surface area contributed by atoms with Gasteiger partial charge in [-0.25, -0.2) is 0 Å². The van der Waals surface area contributed by atoms with Crippen LogP contribution in [-0.4, -0.2) is 31.5 Å². The number of ether oxygens (including phenoxy) is 1. The van der Waals surface area contributed by atoms with Crippen LogP contribution in [0.3, 0.4) is 0 Å². The smallest absolute Gasteiger partial charge is 0.251 e. The van der Waals surface area contributed by atoms with Crippen LogP contribution in [0.25, 0.3) is 0 Å². The highest BCUT2D eigenvalue weighted by Crippen LogP contribution is 2.17. The third kappa shape index (κ3) is 7.01. The van der Waals surface area contributed by atoms with E-state index in [1.807, 2.05) is 31.2 Å². The van der Waals surface area contributed by atoms with Crippen molar-refractivity contribution < 1.29 is 14.3 Å². The van der Waals surface area contributed by atoms with Crippen molar-refractivity contribution in [3.63, 3.8) is 0 Å². The Balaban J connectivity index is 1.87. The van der Waals surface area contributed by atoms with Gasteiger partial charge in [0.2, 0.25) is 5.91 Å². The van der Waals surface area contributed by atoms with Crippen molar-refractivity contribution in [1.82, 2.24) is 5.32 Å². The molecule has 0 fully saturated rings. The maximum Gasteiger partial charge on any atom is 0.251 e. The number of carbonyl (C=O) groups is 2. The van der Waals surface area contributed by atoms with Gasteiger partial charge in [0, 0.05) is 29.5 Å². The normalized spacial score (nSPS) is 10.1. The number of amides is 2. The molecular formula is C21H27N3O3. The first kappa shape index (κ1) is 20.3. The van der Waals surface area contributed by atoms with Crippen molar-refractivity contribution in [1.29, 1.82) is 0 Å². The SMILES string of the molecule is CCCCOc1cccc(NCC(=O)Nc2cccc(C(=O)NCC)c2)c1. The van der Waals surface area contributed by atoms with E-state index in [4.69, 9.17) is 4.74 Å². The Morgan fingerprint density at radius 2 is 1.78 bits per heavy atom. The lowest BCUT2D eigenvalue weighted by Crippen LogP contribution is -2.24.